The minimum atomic E-state index is -3.79. The molecule has 1 aliphatic heterocycles. The highest BCUT2D eigenvalue weighted by atomic mass is 35.5. The van der Waals surface area contributed by atoms with Crippen molar-refractivity contribution in [3.05, 3.63) is 78.0 Å². The molecule has 33 heavy (non-hydrogen) atoms. The Balaban J connectivity index is 1.45. The van der Waals surface area contributed by atoms with E-state index in [1.54, 1.807) is 30.5 Å². The van der Waals surface area contributed by atoms with Crippen molar-refractivity contribution < 1.29 is 13.2 Å². The number of nitrogens with zero attached hydrogens (tertiary/aromatic N) is 4. The molecule has 3 aromatic heterocycles. The molecule has 0 radical (unpaired) electrons. The van der Waals surface area contributed by atoms with E-state index in [1.807, 2.05) is 28.9 Å². The molecular formula is C23H22ClN5O3S. The van der Waals surface area contributed by atoms with Crippen LogP contribution in [0.3, 0.4) is 0 Å². The van der Waals surface area contributed by atoms with Crippen LogP contribution in [0.4, 0.5) is 5.69 Å². The standard InChI is InChI=1S/C23H22ClN5O3S/c24-23-21(27-33(30,31)20-4-2-1-3-5-20)12-18(13-26-23)17-6-7-22-25-14-19(29(22)15-17)16-28-8-10-32-11-9-28/h1-7,12-15,27H,8-11,16H2. The molecule has 170 valence electrons. The maximum Gasteiger partial charge on any atom is 0.261 e. The van der Waals surface area contributed by atoms with Gasteiger partial charge in [0.15, 0.2) is 5.15 Å². The molecule has 1 aromatic carbocycles. The van der Waals surface area contributed by atoms with Gasteiger partial charge in [0.1, 0.15) is 5.65 Å². The Morgan fingerprint density at radius 3 is 2.58 bits per heavy atom. The van der Waals surface area contributed by atoms with Crippen molar-refractivity contribution in [1.29, 1.82) is 0 Å². The van der Waals surface area contributed by atoms with Gasteiger partial charge < -0.3 is 9.14 Å². The van der Waals surface area contributed by atoms with Crippen molar-refractivity contribution in [3.63, 3.8) is 0 Å². The lowest BCUT2D eigenvalue weighted by atomic mass is 10.1. The Morgan fingerprint density at radius 1 is 1.00 bits per heavy atom. The molecule has 8 nitrogen and oxygen atoms in total. The smallest absolute Gasteiger partial charge is 0.261 e. The number of rotatable bonds is 6. The van der Waals surface area contributed by atoms with E-state index in [9.17, 15) is 8.42 Å². The lowest BCUT2D eigenvalue weighted by Gasteiger charge is -2.26. The van der Waals surface area contributed by atoms with Gasteiger partial charge in [0, 0.05) is 43.2 Å². The normalized spacial score (nSPS) is 15.1. The van der Waals surface area contributed by atoms with E-state index >= 15 is 0 Å². The number of imidazole rings is 1. The molecule has 4 aromatic rings. The Morgan fingerprint density at radius 2 is 1.79 bits per heavy atom. The number of halogens is 1. The molecule has 0 bridgehead atoms. The van der Waals surface area contributed by atoms with Crippen LogP contribution in [0.25, 0.3) is 16.8 Å². The molecule has 0 atom stereocenters. The van der Waals surface area contributed by atoms with Gasteiger partial charge in [-0.3, -0.25) is 9.62 Å². The van der Waals surface area contributed by atoms with Crippen LogP contribution in [-0.2, 0) is 21.3 Å². The average Bonchev–Trinajstić information content (AvgIpc) is 3.23. The first-order valence-corrected chi connectivity index (χ1v) is 12.4. The van der Waals surface area contributed by atoms with E-state index in [4.69, 9.17) is 16.3 Å². The maximum absolute atomic E-state index is 12.8. The van der Waals surface area contributed by atoms with Gasteiger partial charge in [-0.05, 0) is 30.3 Å². The highest BCUT2D eigenvalue weighted by molar-refractivity contribution is 7.92. The van der Waals surface area contributed by atoms with Gasteiger partial charge in [0.25, 0.3) is 10.0 Å². The van der Waals surface area contributed by atoms with E-state index in [1.165, 1.54) is 12.1 Å². The molecule has 0 amide bonds. The summed E-state index contributed by atoms with van der Waals surface area (Å²) in [5.41, 5.74) is 3.73. The third-order valence-corrected chi connectivity index (χ3v) is 7.22. The van der Waals surface area contributed by atoms with Crippen molar-refractivity contribution in [2.24, 2.45) is 0 Å². The Hall–Kier alpha value is -2.98. The Labute approximate surface area is 196 Å². The molecule has 1 N–H and O–H groups in total. The minimum Gasteiger partial charge on any atom is -0.379 e. The number of pyridine rings is 2. The number of hydrogen-bond acceptors (Lipinski definition) is 6. The average molecular weight is 484 g/mol. The second-order valence-electron chi connectivity index (χ2n) is 7.76. The lowest BCUT2D eigenvalue weighted by Crippen LogP contribution is -2.35. The summed E-state index contributed by atoms with van der Waals surface area (Å²) in [6, 6.07) is 13.7. The molecule has 0 aliphatic carbocycles. The zero-order chi connectivity index (χ0) is 22.8. The van der Waals surface area contributed by atoms with Gasteiger partial charge in [-0.1, -0.05) is 29.8 Å². The van der Waals surface area contributed by atoms with Gasteiger partial charge in [0.05, 0.1) is 35.7 Å². The van der Waals surface area contributed by atoms with Gasteiger partial charge in [-0.2, -0.15) is 0 Å². The number of aromatic nitrogens is 3. The number of ether oxygens (including phenoxy) is 1. The Bertz CT molecular complexity index is 1390. The number of hydrogen-bond donors (Lipinski definition) is 1. The van der Waals surface area contributed by atoms with Crippen LogP contribution in [0, 0.1) is 0 Å². The van der Waals surface area contributed by atoms with Crippen LogP contribution in [-0.4, -0.2) is 54.0 Å². The summed E-state index contributed by atoms with van der Waals surface area (Å²) in [5, 5.41) is 0.0787. The number of anilines is 1. The topological polar surface area (TPSA) is 88.8 Å². The van der Waals surface area contributed by atoms with Crippen LogP contribution >= 0.6 is 11.6 Å². The fourth-order valence-corrected chi connectivity index (χ4v) is 5.07. The third-order valence-electron chi connectivity index (χ3n) is 5.54. The summed E-state index contributed by atoms with van der Waals surface area (Å²) in [6.07, 6.45) is 5.50. The van der Waals surface area contributed by atoms with Gasteiger partial charge in [0.2, 0.25) is 0 Å². The highest BCUT2D eigenvalue weighted by Gasteiger charge is 2.17. The summed E-state index contributed by atoms with van der Waals surface area (Å²) >= 11 is 6.22. The first kappa shape index (κ1) is 21.8. The SMILES string of the molecule is O=S(=O)(Nc1cc(-c2ccc3ncc(CN4CCOCC4)n3c2)cnc1Cl)c1ccccc1. The second-order valence-corrected chi connectivity index (χ2v) is 9.81. The lowest BCUT2D eigenvalue weighted by molar-refractivity contribution is 0.0335. The number of sulfonamides is 1. The molecule has 0 spiro atoms. The van der Waals surface area contributed by atoms with Crippen LogP contribution in [0.15, 0.2) is 72.0 Å². The first-order valence-electron chi connectivity index (χ1n) is 10.5. The van der Waals surface area contributed by atoms with Crippen LogP contribution in [0.1, 0.15) is 5.69 Å². The van der Waals surface area contributed by atoms with E-state index in [2.05, 4.69) is 19.6 Å². The molecule has 1 fully saturated rings. The summed E-state index contributed by atoms with van der Waals surface area (Å²) < 4.78 is 35.5. The van der Waals surface area contributed by atoms with E-state index in [0.717, 1.165) is 55.3 Å². The van der Waals surface area contributed by atoms with Crippen LogP contribution in [0.2, 0.25) is 5.15 Å². The van der Waals surface area contributed by atoms with Crippen molar-refractivity contribution in [2.45, 2.75) is 11.4 Å². The van der Waals surface area contributed by atoms with Gasteiger partial charge in [-0.25, -0.2) is 18.4 Å². The summed E-state index contributed by atoms with van der Waals surface area (Å²) in [5.74, 6) is 0. The second kappa shape index (κ2) is 9.11. The molecule has 4 heterocycles. The highest BCUT2D eigenvalue weighted by Crippen LogP contribution is 2.29. The quantitative estimate of drug-likeness (QED) is 0.421. The number of morpholine rings is 1. The van der Waals surface area contributed by atoms with Crippen LogP contribution in [0.5, 0.6) is 0 Å². The largest absolute Gasteiger partial charge is 0.379 e. The molecule has 0 saturated carbocycles. The van der Waals surface area contributed by atoms with Crippen LogP contribution < -0.4 is 4.72 Å². The predicted molar refractivity (Wildman–Crippen MR) is 127 cm³/mol. The number of benzene rings is 1. The van der Waals surface area contributed by atoms with Crippen molar-refractivity contribution in [3.8, 4) is 11.1 Å². The fraction of sp³-hybridized carbons (Fsp3) is 0.217. The number of nitrogens with one attached hydrogen (secondary N) is 1. The van der Waals surface area contributed by atoms with Gasteiger partial charge in [-0.15, -0.1) is 0 Å². The molecule has 5 rings (SSSR count). The first-order chi connectivity index (χ1) is 16.0. The van der Waals surface area contributed by atoms with E-state index in [-0.39, 0.29) is 15.7 Å². The zero-order valence-corrected chi connectivity index (χ0v) is 19.3. The van der Waals surface area contributed by atoms with Crippen molar-refractivity contribution in [2.75, 3.05) is 31.0 Å². The predicted octanol–water partition coefficient (Wildman–Crippen LogP) is 3.68. The minimum absolute atomic E-state index is 0.0787. The number of fused-ring (bicyclic) bond motifs is 1. The molecule has 10 heteroatoms. The maximum atomic E-state index is 12.8. The summed E-state index contributed by atoms with van der Waals surface area (Å²) in [7, 11) is -3.79. The van der Waals surface area contributed by atoms with Crippen molar-refractivity contribution in [1.82, 2.24) is 19.3 Å². The molecule has 1 saturated heterocycles. The molecular weight excluding hydrogens is 462 g/mol. The fourth-order valence-electron chi connectivity index (χ4n) is 3.79. The molecule has 0 unspecified atom stereocenters. The Kier molecular flexibility index (Phi) is 6.03. The monoisotopic (exact) mass is 483 g/mol. The molecule has 1 aliphatic rings. The summed E-state index contributed by atoms with van der Waals surface area (Å²) in [4.78, 5) is 11.2. The summed E-state index contributed by atoms with van der Waals surface area (Å²) in [6.45, 7) is 4.02. The van der Waals surface area contributed by atoms with E-state index < -0.39 is 10.0 Å². The van der Waals surface area contributed by atoms with Crippen molar-refractivity contribution >= 4 is 33.0 Å². The zero-order valence-electron chi connectivity index (χ0n) is 17.7. The van der Waals surface area contributed by atoms with Gasteiger partial charge >= 0.3 is 0 Å². The van der Waals surface area contributed by atoms with E-state index in [0.29, 0.717) is 0 Å². The third kappa shape index (κ3) is 4.72.